The van der Waals surface area contributed by atoms with Crippen LogP contribution in [0, 0.1) is 0 Å². The van der Waals surface area contributed by atoms with Crippen molar-refractivity contribution < 1.29 is 37.9 Å². The summed E-state index contributed by atoms with van der Waals surface area (Å²) in [5, 5.41) is 0. The molecule has 6 atom stereocenters. The van der Waals surface area contributed by atoms with Crippen molar-refractivity contribution >= 4 is 11.1 Å². The minimum Gasteiger partial charge on any atom is -0.382 e. The lowest BCUT2D eigenvalue weighted by atomic mass is 10.0. The number of hydrogen-bond acceptors (Lipinski definition) is 8. The third kappa shape index (κ3) is 16.6. The second-order valence-corrected chi connectivity index (χ2v) is 10.5. The first-order valence-corrected chi connectivity index (χ1v) is 14.2. The molecular weight excluding hydrogens is 512 g/mol. The van der Waals surface area contributed by atoms with Crippen LogP contribution in [0.25, 0.3) is 11.1 Å². The second kappa shape index (κ2) is 21.1. The fourth-order valence-corrected chi connectivity index (χ4v) is 3.57. The van der Waals surface area contributed by atoms with Crippen LogP contribution < -0.4 is 0 Å². The average molecular weight is 567 g/mol. The number of methoxy groups -OCH3 is 2. The predicted molar refractivity (Wildman–Crippen MR) is 161 cm³/mol. The minimum absolute atomic E-state index is 0.0277. The van der Waals surface area contributed by atoms with Crippen LogP contribution in [0.1, 0.15) is 52.7 Å². The van der Waals surface area contributed by atoms with Crippen molar-refractivity contribution in [1.29, 1.82) is 0 Å². The number of benzene rings is 1. The van der Waals surface area contributed by atoms with Gasteiger partial charge in [-0.15, -0.1) is 0 Å². The average Bonchev–Trinajstić information content (AvgIpc) is 2.94. The van der Waals surface area contributed by atoms with Gasteiger partial charge in [0.25, 0.3) is 0 Å². The monoisotopic (exact) mass is 566 g/mol. The summed E-state index contributed by atoms with van der Waals surface area (Å²) in [4.78, 5) is 0. The third-order valence-electron chi connectivity index (χ3n) is 6.03. The Hall–Kier alpha value is -1.62. The number of ether oxygens (including phenoxy) is 8. The summed E-state index contributed by atoms with van der Waals surface area (Å²) in [5.74, 6) is 0. The quantitative estimate of drug-likeness (QED) is 0.164. The van der Waals surface area contributed by atoms with Gasteiger partial charge >= 0.3 is 0 Å². The van der Waals surface area contributed by atoms with E-state index in [1.54, 1.807) is 14.2 Å². The maximum Gasteiger partial charge on any atom is 0.0785 e. The summed E-state index contributed by atoms with van der Waals surface area (Å²) < 4.78 is 45.3. The summed E-state index contributed by atoms with van der Waals surface area (Å²) in [6, 6.07) is 8.12. The van der Waals surface area contributed by atoms with Gasteiger partial charge in [0.2, 0.25) is 0 Å². The summed E-state index contributed by atoms with van der Waals surface area (Å²) in [5.41, 5.74) is 3.80. The highest BCUT2D eigenvalue weighted by molar-refractivity contribution is 5.71. The molecule has 0 aromatic heterocycles. The lowest BCUT2D eigenvalue weighted by molar-refractivity contribution is -0.0736. The van der Waals surface area contributed by atoms with Crippen molar-refractivity contribution in [1.82, 2.24) is 0 Å². The highest BCUT2D eigenvalue weighted by Crippen LogP contribution is 2.20. The Kier molecular flexibility index (Phi) is 19.2. The van der Waals surface area contributed by atoms with Gasteiger partial charge in [0, 0.05) is 14.2 Å². The lowest BCUT2D eigenvalue weighted by Crippen LogP contribution is -2.26. The highest BCUT2D eigenvalue weighted by Gasteiger charge is 2.13. The van der Waals surface area contributed by atoms with Crippen LogP contribution in [-0.4, -0.2) is 104 Å². The molecule has 0 spiro atoms. The molecule has 8 nitrogen and oxygen atoms in total. The van der Waals surface area contributed by atoms with E-state index >= 15 is 0 Å². The first-order chi connectivity index (χ1) is 19.0. The van der Waals surface area contributed by atoms with Gasteiger partial charge in [0.15, 0.2) is 0 Å². The third-order valence-corrected chi connectivity index (χ3v) is 6.03. The van der Waals surface area contributed by atoms with Crippen molar-refractivity contribution in [3.05, 3.63) is 48.6 Å². The number of hydrogen-bond donors (Lipinski definition) is 0. The molecule has 0 aliphatic rings. The SMILES string of the molecule is C=C(COC(C)COC(C)COC(C)COC)c1cccc(C(=C)COC(C)COC(C)COC(C)COC)c1. The van der Waals surface area contributed by atoms with Crippen molar-refractivity contribution in [3.8, 4) is 0 Å². The van der Waals surface area contributed by atoms with Gasteiger partial charge in [-0.1, -0.05) is 31.4 Å². The molecule has 0 fully saturated rings. The zero-order chi connectivity index (χ0) is 29.9. The molecule has 0 saturated carbocycles. The normalized spacial score (nSPS) is 16.2. The predicted octanol–water partition coefficient (Wildman–Crippen LogP) is 5.44. The molecule has 1 aromatic carbocycles. The maximum atomic E-state index is 5.98. The maximum absolute atomic E-state index is 5.98. The second-order valence-electron chi connectivity index (χ2n) is 10.5. The first kappa shape index (κ1) is 36.4. The van der Waals surface area contributed by atoms with E-state index in [1.165, 1.54) is 0 Å². The van der Waals surface area contributed by atoms with Crippen LogP contribution in [0.3, 0.4) is 0 Å². The summed E-state index contributed by atoms with van der Waals surface area (Å²) in [7, 11) is 3.33. The Balaban J connectivity index is 2.37. The topological polar surface area (TPSA) is 73.8 Å². The molecule has 1 rings (SSSR count). The van der Waals surface area contributed by atoms with E-state index in [-0.39, 0.29) is 36.6 Å². The van der Waals surface area contributed by atoms with Gasteiger partial charge in [-0.2, -0.15) is 0 Å². The van der Waals surface area contributed by atoms with Gasteiger partial charge in [-0.05, 0) is 69.9 Å². The molecule has 0 amide bonds. The molecule has 0 N–H and O–H groups in total. The highest BCUT2D eigenvalue weighted by atomic mass is 16.6. The largest absolute Gasteiger partial charge is 0.382 e. The first-order valence-electron chi connectivity index (χ1n) is 14.2. The van der Waals surface area contributed by atoms with Gasteiger partial charge in [0.1, 0.15) is 0 Å². The van der Waals surface area contributed by atoms with E-state index in [4.69, 9.17) is 37.9 Å². The van der Waals surface area contributed by atoms with Crippen LogP contribution >= 0.6 is 0 Å². The molecule has 8 heteroatoms. The summed E-state index contributed by atoms with van der Waals surface area (Å²) in [6.07, 6.45) is -0.125. The standard InChI is InChI=1S/C32H54O8/c1-23(15-35-27(5)19-39-29(7)21-37-25(3)17-33-9)31-12-11-13-32(14-31)24(2)16-36-28(6)20-40-30(8)22-38-26(4)18-34-10/h11-14,25-30H,1-2,15-22H2,3-10H3. The summed E-state index contributed by atoms with van der Waals surface area (Å²) in [6.45, 7) is 24.3. The van der Waals surface area contributed by atoms with Crippen molar-refractivity contribution in [2.24, 2.45) is 0 Å². The Morgan fingerprint density at radius 3 is 1.15 bits per heavy atom. The van der Waals surface area contributed by atoms with Crippen molar-refractivity contribution in [2.45, 2.75) is 78.2 Å². The van der Waals surface area contributed by atoms with Gasteiger partial charge < -0.3 is 37.9 Å². The zero-order valence-electron chi connectivity index (χ0n) is 26.1. The molecule has 0 radical (unpaired) electrons. The lowest BCUT2D eigenvalue weighted by Gasteiger charge is -2.20. The molecular formula is C32H54O8. The smallest absolute Gasteiger partial charge is 0.0785 e. The van der Waals surface area contributed by atoms with Gasteiger partial charge in [0.05, 0.1) is 89.5 Å². The zero-order valence-corrected chi connectivity index (χ0v) is 26.1. The van der Waals surface area contributed by atoms with Crippen LogP contribution in [0.5, 0.6) is 0 Å². The Morgan fingerprint density at radius 1 is 0.525 bits per heavy atom. The van der Waals surface area contributed by atoms with Gasteiger partial charge in [-0.3, -0.25) is 0 Å². The molecule has 6 unspecified atom stereocenters. The van der Waals surface area contributed by atoms with E-state index in [0.717, 1.165) is 22.3 Å². The Bertz CT molecular complexity index is 766. The van der Waals surface area contributed by atoms with E-state index < -0.39 is 0 Å². The van der Waals surface area contributed by atoms with Crippen molar-refractivity contribution in [2.75, 3.05) is 67.1 Å². The van der Waals surface area contributed by atoms with E-state index in [9.17, 15) is 0 Å². The Labute approximate surface area is 242 Å². The van der Waals surface area contributed by atoms with E-state index in [1.807, 2.05) is 59.7 Å². The Morgan fingerprint density at radius 2 is 0.825 bits per heavy atom. The molecule has 1 aromatic rings. The van der Waals surface area contributed by atoms with Crippen LogP contribution in [0.4, 0.5) is 0 Å². The van der Waals surface area contributed by atoms with Crippen molar-refractivity contribution in [3.63, 3.8) is 0 Å². The van der Waals surface area contributed by atoms with Gasteiger partial charge in [-0.25, -0.2) is 0 Å². The van der Waals surface area contributed by atoms with E-state index in [0.29, 0.717) is 52.9 Å². The molecule has 40 heavy (non-hydrogen) atoms. The molecule has 0 heterocycles. The minimum atomic E-state index is -0.0751. The summed E-state index contributed by atoms with van der Waals surface area (Å²) >= 11 is 0. The van der Waals surface area contributed by atoms with Crippen LogP contribution in [0.15, 0.2) is 37.4 Å². The fourth-order valence-electron chi connectivity index (χ4n) is 3.57. The fraction of sp³-hybridized carbons (Fsp3) is 0.688. The van der Waals surface area contributed by atoms with E-state index in [2.05, 4.69) is 19.2 Å². The number of rotatable bonds is 24. The van der Waals surface area contributed by atoms with Crippen LogP contribution in [0.2, 0.25) is 0 Å². The molecule has 0 aliphatic heterocycles. The molecule has 0 aliphatic carbocycles. The van der Waals surface area contributed by atoms with Crippen LogP contribution in [-0.2, 0) is 37.9 Å². The molecule has 0 saturated heterocycles. The molecule has 230 valence electrons. The molecule has 0 bridgehead atoms.